The molecule has 3 heteroatoms. The minimum Gasteiger partial charge on any atom is -0.317 e. The van der Waals surface area contributed by atoms with Gasteiger partial charge >= 0.3 is 0 Å². The Bertz CT molecular complexity index is 266. The molecular weight excluding hydrogens is 186 g/mol. The van der Waals surface area contributed by atoms with Gasteiger partial charge in [0.05, 0.1) is 5.69 Å². The summed E-state index contributed by atoms with van der Waals surface area (Å²) in [4.78, 5) is 0. The maximum atomic E-state index is 4.52. The summed E-state index contributed by atoms with van der Waals surface area (Å²) >= 11 is 0. The third-order valence-electron chi connectivity index (χ3n) is 2.41. The molecule has 0 aliphatic heterocycles. The van der Waals surface area contributed by atoms with Crippen molar-refractivity contribution in [1.29, 1.82) is 0 Å². The lowest BCUT2D eigenvalue weighted by molar-refractivity contribution is 0.524. The van der Waals surface area contributed by atoms with Gasteiger partial charge in [-0.05, 0) is 52.3 Å². The fraction of sp³-hybridized carbons (Fsp3) is 0.750. The van der Waals surface area contributed by atoms with Crippen molar-refractivity contribution in [3.63, 3.8) is 0 Å². The second-order valence-corrected chi connectivity index (χ2v) is 4.23. The van der Waals surface area contributed by atoms with Gasteiger partial charge in [-0.25, -0.2) is 0 Å². The highest BCUT2D eigenvalue weighted by molar-refractivity contribution is 4.99. The average molecular weight is 209 g/mol. The molecule has 1 N–H and O–H groups in total. The molecule has 0 fully saturated rings. The number of aromatic nitrogens is 2. The number of hydrogen-bond donors (Lipinski definition) is 1. The zero-order chi connectivity index (χ0) is 11.1. The number of nitrogens with zero attached hydrogens (tertiary/aromatic N) is 2. The Hall–Kier alpha value is -0.830. The molecule has 1 aromatic rings. The molecule has 0 atom stereocenters. The molecule has 86 valence electrons. The molecule has 3 nitrogen and oxygen atoms in total. The first-order valence-corrected chi connectivity index (χ1v) is 5.98. The fourth-order valence-corrected chi connectivity index (χ4v) is 1.49. The molecule has 0 aromatic carbocycles. The van der Waals surface area contributed by atoms with Crippen LogP contribution in [0, 0.1) is 0 Å². The molecule has 0 bridgehead atoms. The molecule has 0 amide bonds. The molecule has 0 radical (unpaired) electrons. The minimum absolute atomic E-state index is 0.469. The van der Waals surface area contributed by atoms with Crippen molar-refractivity contribution in [2.24, 2.45) is 0 Å². The maximum absolute atomic E-state index is 4.52. The summed E-state index contributed by atoms with van der Waals surface area (Å²) in [5.74, 6) is 0. The van der Waals surface area contributed by atoms with Gasteiger partial charge in [0.25, 0.3) is 0 Å². The molecule has 0 unspecified atom stereocenters. The lowest BCUT2D eigenvalue weighted by Gasteiger charge is -2.04. The van der Waals surface area contributed by atoms with Crippen molar-refractivity contribution >= 4 is 0 Å². The summed E-state index contributed by atoms with van der Waals surface area (Å²) in [7, 11) is 0. The van der Waals surface area contributed by atoms with E-state index in [2.05, 4.69) is 43.4 Å². The van der Waals surface area contributed by atoms with Crippen molar-refractivity contribution in [1.82, 2.24) is 15.1 Å². The maximum Gasteiger partial charge on any atom is 0.0625 e. The molecular formula is C12H23N3. The predicted octanol–water partition coefficient (Wildman–Crippen LogP) is 2.40. The molecule has 1 aromatic heterocycles. The van der Waals surface area contributed by atoms with E-state index in [4.69, 9.17) is 0 Å². The van der Waals surface area contributed by atoms with Crippen LogP contribution in [0.2, 0.25) is 0 Å². The van der Waals surface area contributed by atoms with E-state index in [0.717, 1.165) is 19.5 Å². The van der Waals surface area contributed by atoms with Crippen LogP contribution in [0.15, 0.2) is 12.3 Å². The van der Waals surface area contributed by atoms with Crippen LogP contribution in [0.25, 0.3) is 0 Å². The molecule has 1 rings (SSSR count). The summed E-state index contributed by atoms with van der Waals surface area (Å²) in [5.41, 5.74) is 1.21. The number of hydrogen-bond acceptors (Lipinski definition) is 2. The van der Waals surface area contributed by atoms with Crippen molar-refractivity contribution < 1.29 is 0 Å². The monoisotopic (exact) mass is 209 g/mol. The third-order valence-corrected chi connectivity index (χ3v) is 2.41. The van der Waals surface area contributed by atoms with E-state index < -0.39 is 0 Å². The van der Waals surface area contributed by atoms with Crippen LogP contribution < -0.4 is 5.32 Å². The summed E-state index contributed by atoms with van der Waals surface area (Å²) in [6.07, 6.45) is 5.53. The molecule has 0 spiro atoms. The van der Waals surface area contributed by atoms with Gasteiger partial charge in [0.1, 0.15) is 0 Å². The second kappa shape index (κ2) is 6.62. The molecule has 0 saturated heterocycles. The van der Waals surface area contributed by atoms with Gasteiger partial charge in [-0.1, -0.05) is 6.92 Å². The number of rotatable bonds is 7. The first-order chi connectivity index (χ1) is 7.24. The van der Waals surface area contributed by atoms with Crippen LogP contribution in [0.4, 0.5) is 0 Å². The smallest absolute Gasteiger partial charge is 0.0625 e. The first-order valence-electron chi connectivity index (χ1n) is 5.98. The third kappa shape index (κ3) is 4.47. The van der Waals surface area contributed by atoms with Crippen LogP contribution in [0.3, 0.4) is 0 Å². The zero-order valence-electron chi connectivity index (χ0n) is 10.2. The second-order valence-electron chi connectivity index (χ2n) is 4.23. The summed E-state index contributed by atoms with van der Waals surface area (Å²) < 4.78 is 2.02. The van der Waals surface area contributed by atoms with E-state index in [1.807, 2.05) is 4.68 Å². The van der Waals surface area contributed by atoms with Gasteiger partial charge in [0, 0.05) is 12.2 Å². The average Bonchev–Trinajstić information content (AvgIpc) is 2.66. The zero-order valence-corrected chi connectivity index (χ0v) is 10.2. The highest BCUT2D eigenvalue weighted by atomic mass is 15.3. The van der Waals surface area contributed by atoms with Gasteiger partial charge in [0.2, 0.25) is 0 Å². The normalized spacial score (nSPS) is 11.2. The molecule has 0 saturated carbocycles. The largest absolute Gasteiger partial charge is 0.317 e. The topological polar surface area (TPSA) is 29.9 Å². The van der Waals surface area contributed by atoms with Gasteiger partial charge in [-0.3, -0.25) is 4.68 Å². The van der Waals surface area contributed by atoms with E-state index in [1.54, 1.807) is 0 Å². The number of nitrogens with one attached hydrogen (secondary N) is 1. The van der Waals surface area contributed by atoms with Crippen LogP contribution in [-0.2, 0) is 6.42 Å². The van der Waals surface area contributed by atoms with Gasteiger partial charge in [-0.2, -0.15) is 5.10 Å². The summed E-state index contributed by atoms with van der Waals surface area (Å²) in [6.45, 7) is 8.72. The first kappa shape index (κ1) is 12.2. The molecule has 1 heterocycles. The van der Waals surface area contributed by atoms with E-state index >= 15 is 0 Å². The van der Waals surface area contributed by atoms with Crippen LogP contribution in [0.1, 0.15) is 45.3 Å². The van der Waals surface area contributed by atoms with E-state index in [1.165, 1.54) is 18.5 Å². The highest BCUT2D eigenvalue weighted by Gasteiger charge is 2.01. The Morgan fingerprint density at radius 1 is 1.40 bits per heavy atom. The van der Waals surface area contributed by atoms with E-state index in [9.17, 15) is 0 Å². The Morgan fingerprint density at radius 3 is 2.80 bits per heavy atom. The van der Waals surface area contributed by atoms with E-state index in [-0.39, 0.29) is 0 Å². The van der Waals surface area contributed by atoms with Crippen LogP contribution in [-0.4, -0.2) is 22.9 Å². The van der Waals surface area contributed by atoms with Crippen LogP contribution >= 0.6 is 0 Å². The molecule has 15 heavy (non-hydrogen) atoms. The summed E-state index contributed by atoms with van der Waals surface area (Å²) in [5, 5.41) is 7.92. The number of aryl methyl sites for hydroxylation is 1. The van der Waals surface area contributed by atoms with E-state index in [0.29, 0.717) is 6.04 Å². The molecule has 0 aliphatic carbocycles. The minimum atomic E-state index is 0.469. The van der Waals surface area contributed by atoms with Gasteiger partial charge < -0.3 is 5.32 Å². The Labute approximate surface area is 92.9 Å². The predicted molar refractivity (Wildman–Crippen MR) is 64.1 cm³/mol. The van der Waals surface area contributed by atoms with Crippen molar-refractivity contribution in [3.8, 4) is 0 Å². The quantitative estimate of drug-likeness (QED) is 0.699. The fourth-order valence-electron chi connectivity index (χ4n) is 1.49. The lowest BCUT2D eigenvalue weighted by Crippen LogP contribution is -2.16. The van der Waals surface area contributed by atoms with Crippen molar-refractivity contribution in [2.75, 3.05) is 13.1 Å². The van der Waals surface area contributed by atoms with Crippen molar-refractivity contribution in [3.05, 3.63) is 18.0 Å². The van der Waals surface area contributed by atoms with Crippen LogP contribution in [0.5, 0.6) is 0 Å². The van der Waals surface area contributed by atoms with Gasteiger partial charge in [-0.15, -0.1) is 0 Å². The van der Waals surface area contributed by atoms with Crippen molar-refractivity contribution in [2.45, 2.75) is 46.1 Å². The summed E-state index contributed by atoms with van der Waals surface area (Å²) in [6, 6.07) is 2.59. The van der Waals surface area contributed by atoms with Gasteiger partial charge in [0.15, 0.2) is 0 Å². The highest BCUT2D eigenvalue weighted by Crippen LogP contribution is 2.05. The Kier molecular flexibility index (Phi) is 5.40. The molecule has 0 aliphatic rings. The Balaban J connectivity index is 2.20. The Morgan fingerprint density at radius 2 is 2.20 bits per heavy atom. The lowest BCUT2D eigenvalue weighted by atomic mass is 10.2. The standard InChI is InChI=1S/C12H23N3/c1-4-8-13-9-5-6-12-7-10-15(14-12)11(2)3/h7,10-11,13H,4-6,8-9H2,1-3H3. The SMILES string of the molecule is CCCNCCCc1ccn(C(C)C)n1.